The number of hydrogen-bond donors (Lipinski definition) is 1. The van der Waals surface area contributed by atoms with Crippen molar-refractivity contribution in [2.24, 2.45) is 11.8 Å². The minimum atomic E-state index is -0.434. The summed E-state index contributed by atoms with van der Waals surface area (Å²) < 4.78 is 5.59. The maximum absolute atomic E-state index is 13.7. The molecule has 0 bridgehead atoms. The Morgan fingerprint density at radius 3 is 2.66 bits per heavy atom. The summed E-state index contributed by atoms with van der Waals surface area (Å²) in [7, 11) is 3.87. The maximum atomic E-state index is 13.7. The largest absolute Gasteiger partial charge is 0.497 e. The molecule has 1 aliphatic heterocycles. The molecule has 0 aromatic heterocycles. The van der Waals surface area contributed by atoms with Gasteiger partial charge in [0, 0.05) is 36.9 Å². The second kappa shape index (κ2) is 13.1. The lowest BCUT2D eigenvalue weighted by Gasteiger charge is -2.56. The molecule has 2 aromatic rings. The molecular weight excluding hydrogens is 472 g/mol. The zero-order valence-corrected chi connectivity index (χ0v) is 23.9. The first-order valence-corrected chi connectivity index (χ1v) is 14.7. The Morgan fingerprint density at radius 1 is 1.13 bits per heavy atom. The predicted molar refractivity (Wildman–Crippen MR) is 154 cm³/mol. The highest BCUT2D eigenvalue weighted by atomic mass is 16.5. The first-order chi connectivity index (χ1) is 18.3. The molecule has 1 heterocycles. The van der Waals surface area contributed by atoms with Gasteiger partial charge in [-0.25, -0.2) is 0 Å². The van der Waals surface area contributed by atoms with Crippen LogP contribution in [0.5, 0.6) is 5.75 Å². The van der Waals surface area contributed by atoms with Crippen molar-refractivity contribution in [1.82, 2.24) is 9.80 Å². The van der Waals surface area contributed by atoms with Crippen LogP contribution in [0.15, 0.2) is 54.6 Å². The third-order valence-electron chi connectivity index (χ3n) is 8.90. The molecule has 38 heavy (non-hydrogen) atoms. The number of nitrogens with zero attached hydrogens (tertiary/aromatic N) is 2. The van der Waals surface area contributed by atoms with Crippen LogP contribution in [0.2, 0.25) is 0 Å². The van der Waals surface area contributed by atoms with Gasteiger partial charge in [-0.2, -0.15) is 0 Å². The van der Waals surface area contributed by atoms with E-state index in [0.29, 0.717) is 18.8 Å². The van der Waals surface area contributed by atoms with Gasteiger partial charge in [0.2, 0.25) is 5.91 Å². The van der Waals surface area contributed by atoms with Crippen LogP contribution >= 0.6 is 0 Å². The van der Waals surface area contributed by atoms with Crippen LogP contribution in [0.3, 0.4) is 0 Å². The Bertz CT molecular complexity index is 1030. The van der Waals surface area contributed by atoms with Crippen LogP contribution in [0.1, 0.15) is 69.9 Å². The van der Waals surface area contributed by atoms with Crippen molar-refractivity contribution >= 4 is 5.91 Å². The van der Waals surface area contributed by atoms with Gasteiger partial charge < -0.3 is 19.6 Å². The van der Waals surface area contributed by atoms with E-state index in [-0.39, 0.29) is 23.3 Å². The van der Waals surface area contributed by atoms with Crippen LogP contribution in [0.4, 0.5) is 0 Å². The van der Waals surface area contributed by atoms with Gasteiger partial charge in [0.25, 0.3) is 0 Å². The number of carbonyl (C=O) groups excluding carboxylic acids is 1. The average Bonchev–Trinajstić information content (AvgIpc) is 2.92. The number of aliphatic hydroxyl groups is 1. The molecule has 2 aliphatic rings. The van der Waals surface area contributed by atoms with E-state index in [1.54, 1.807) is 7.11 Å². The Balaban J connectivity index is 1.49. The quantitative estimate of drug-likeness (QED) is 0.387. The van der Waals surface area contributed by atoms with Gasteiger partial charge in [0.05, 0.1) is 13.2 Å². The number of unbranched alkanes of at least 4 members (excludes halogenated alkanes) is 2. The molecule has 1 unspecified atom stereocenters. The fourth-order valence-electron chi connectivity index (χ4n) is 6.93. The summed E-state index contributed by atoms with van der Waals surface area (Å²) in [6.45, 7) is 7.00. The van der Waals surface area contributed by atoms with E-state index in [2.05, 4.69) is 79.2 Å². The minimum absolute atomic E-state index is 0.0510. The maximum Gasteiger partial charge on any atom is 0.222 e. The topological polar surface area (TPSA) is 53.0 Å². The number of hydrogen-bond acceptors (Lipinski definition) is 4. The van der Waals surface area contributed by atoms with Crippen molar-refractivity contribution in [2.75, 3.05) is 33.8 Å². The summed E-state index contributed by atoms with van der Waals surface area (Å²) >= 11 is 0. The summed E-state index contributed by atoms with van der Waals surface area (Å²) in [5.74, 6) is 1.65. The summed E-state index contributed by atoms with van der Waals surface area (Å²) in [4.78, 5) is 18.2. The lowest BCUT2D eigenvalue weighted by Crippen LogP contribution is -2.61. The SMILES string of the molecule is COc1cccc([C@@]23CCN(C)C[C@H]2C(O)C[C@H](N(CC(C)C)C(=O)CCCCCc2ccccc2)C3)c1. The van der Waals surface area contributed by atoms with Crippen molar-refractivity contribution in [3.63, 3.8) is 0 Å². The Morgan fingerprint density at radius 2 is 1.92 bits per heavy atom. The van der Waals surface area contributed by atoms with E-state index in [4.69, 9.17) is 4.74 Å². The van der Waals surface area contributed by atoms with Crippen LogP contribution in [0.25, 0.3) is 0 Å². The second-order valence-electron chi connectivity index (χ2n) is 12.2. The van der Waals surface area contributed by atoms with Crippen LogP contribution in [-0.2, 0) is 16.6 Å². The lowest BCUT2D eigenvalue weighted by molar-refractivity contribution is -0.139. The molecule has 1 amide bonds. The van der Waals surface area contributed by atoms with Crippen molar-refractivity contribution in [1.29, 1.82) is 0 Å². The molecule has 5 heteroatoms. The van der Waals surface area contributed by atoms with Gasteiger partial charge in [0.1, 0.15) is 5.75 Å². The first-order valence-electron chi connectivity index (χ1n) is 14.7. The molecule has 2 fully saturated rings. The van der Waals surface area contributed by atoms with E-state index in [9.17, 15) is 9.90 Å². The fourth-order valence-corrected chi connectivity index (χ4v) is 6.93. The number of rotatable bonds is 11. The molecule has 0 spiro atoms. The molecule has 1 saturated heterocycles. The van der Waals surface area contributed by atoms with Crippen molar-refractivity contribution in [3.05, 3.63) is 65.7 Å². The second-order valence-corrected chi connectivity index (χ2v) is 12.2. The van der Waals surface area contributed by atoms with Crippen molar-refractivity contribution in [3.8, 4) is 5.75 Å². The van der Waals surface area contributed by atoms with Gasteiger partial charge in [-0.1, -0.05) is 62.7 Å². The van der Waals surface area contributed by atoms with Gasteiger partial charge in [-0.05, 0) is 81.3 Å². The fraction of sp³-hybridized carbons (Fsp3) is 0.606. The minimum Gasteiger partial charge on any atom is -0.497 e. The highest BCUT2D eigenvalue weighted by Gasteiger charge is 2.52. The van der Waals surface area contributed by atoms with E-state index in [1.165, 1.54) is 11.1 Å². The van der Waals surface area contributed by atoms with E-state index >= 15 is 0 Å². The molecule has 2 aromatic carbocycles. The Hall–Kier alpha value is -2.37. The molecule has 1 N–H and O–H groups in total. The zero-order valence-electron chi connectivity index (χ0n) is 23.9. The molecule has 1 saturated carbocycles. The normalized spacial score (nSPS) is 25.7. The Labute approximate surface area is 230 Å². The number of amides is 1. The van der Waals surface area contributed by atoms with E-state index in [0.717, 1.165) is 63.9 Å². The van der Waals surface area contributed by atoms with Crippen molar-refractivity contribution in [2.45, 2.75) is 82.8 Å². The number of likely N-dealkylation sites (tertiary alicyclic amines) is 1. The summed E-state index contributed by atoms with van der Waals surface area (Å²) in [5.41, 5.74) is 2.46. The highest BCUT2D eigenvalue weighted by molar-refractivity contribution is 5.76. The summed E-state index contributed by atoms with van der Waals surface area (Å²) in [5, 5.41) is 11.6. The molecule has 0 radical (unpaired) electrons. The predicted octanol–water partition coefficient (Wildman–Crippen LogP) is 5.70. The third-order valence-corrected chi connectivity index (χ3v) is 8.90. The molecule has 4 atom stereocenters. The standard InChI is InChI=1S/C33H48N2O3/c1-25(2)23-35(32(37)17-10-6-9-14-26-12-7-5-8-13-26)28-21-31(36)30-24-34(3)19-18-33(30,22-28)27-15-11-16-29(20-27)38-4/h5,7-8,11-13,15-16,20,25,28,30-31,36H,6,9-10,14,17-19,21-24H2,1-4H3/t28-,30-,31?,33-/m0/s1. The number of carbonyl (C=O) groups is 1. The van der Waals surface area contributed by atoms with Crippen molar-refractivity contribution < 1.29 is 14.6 Å². The number of fused-ring (bicyclic) bond motifs is 1. The molecule has 5 nitrogen and oxygen atoms in total. The van der Waals surface area contributed by atoms with Gasteiger partial charge in [-0.3, -0.25) is 4.79 Å². The van der Waals surface area contributed by atoms with Crippen LogP contribution in [0, 0.1) is 11.8 Å². The van der Waals surface area contributed by atoms with Crippen LogP contribution < -0.4 is 4.74 Å². The highest BCUT2D eigenvalue weighted by Crippen LogP contribution is 2.50. The number of aliphatic hydroxyl groups excluding tert-OH is 1. The third kappa shape index (κ3) is 6.79. The monoisotopic (exact) mass is 520 g/mol. The molecular formula is C33H48N2O3. The van der Waals surface area contributed by atoms with Gasteiger partial charge in [-0.15, -0.1) is 0 Å². The van der Waals surface area contributed by atoms with Gasteiger partial charge in [0.15, 0.2) is 0 Å². The lowest BCUT2D eigenvalue weighted by atomic mass is 9.56. The number of aryl methyl sites for hydroxylation is 1. The van der Waals surface area contributed by atoms with Gasteiger partial charge >= 0.3 is 0 Å². The Kier molecular flexibility index (Phi) is 9.89. The smallest absolute Gasteiger partial charge is 0.222 e. The van der Waals surface area contributed by atoms with E-state index in [1.807, 2.05) is 6.07 Å². The number of benzene rings is 2. The number of ether oxygens (including phenoxy) is 1. The molecule has 208 valence electrons. The number of piperidine rings is 1. The average molecular weight is 521 g/mol. The summed E-state index contributed by atoms with van der Waals surface area (Å²) in [6, 6.07) is 19.1. The number of methoxy groups -OCH3 is 1. The zero-order chi connectivity index (χ0) is 27.1. The van der Waals surface area contributed by atoms with Crippen LogP contribution in [-0.4, -0.2) is 66.8 Å². The molecule has 4 rings (SSSR count). The van der Waals surface area contributed by atoms with E-state index < -0.39 is 6.10 Å². The summed E-state index contributed by atoms with van der Waals surface area (Å²) in [6.07, 6.45) is 6.87. The molecule has 1 aliphatic carbocycles. The first kappa shape index (κ1) is 28.6.